The molecule has 0 fully saturated rings. The Hall–Kier alpha value is -1.85. The predicted molar refractivity (Wildman–Crippen MR) is 101 cm³/mol. The number of nitrogens with one attached hydrogen (secondary N) is 1. The van der Waals surface area contributed by atoms with Crippen LogP contribution in [0, 0.1) is 0 Å². The largest absolute Gasteiger partial charge is 0.486 e. The van der Waals surface area contributed by atoms with Crippen molar-refractivity contribution in [2.75, 3.05) is 13.2 Å². The molecule has 0 bridgehead atoms. The highest BCUT2D eigenvalue weighted by molar-refractivity contribution is 8.00. The Morgan fingerprint density at radius 1 is 1.08 bits per heavy atom. The highest BCUT2D eigenvalue weighted by Gasteiger charge is 2.19. The summed E-state index contributed by atoms with van der Waals surface area (Å²) >= 11 is 7.40. The summed E-state index contributed by atoms with van der Waals surface area (Å²) in [5, 5.41) is 3.53. The van der Waals surface area contributed by atoms with Crippen LogP contribution in [-0.4, -0.2) is 24.4 Å². The molecule has 0 unspecified atom stereocenters. The third-order valence-corrected chi connectivity index (χ3v) is 5.28. The summed E-state index contributed by atoms with van der Waals surface area (Å²) in [6.07, 6.45) is 0. The molecule has 25 heavy (non-hydrogen) atoms. The molecule has 3 rings (SSSR count). The van der Waals surface area contributed by atoms with Crippen LogP contribution in [0.2, 0.25) is 5.02 Å². The summed E-state index contributed by atoms with van der Waals surface area (Å²) in [7, 11) is 0. The van der Waals surface area contributed by atoms with E-state index in [4.69, 9.17) is 21.1 Å². The molecule has 0 spiro atoms. The van der Waals surface area contributed by atoms with Gasteiger partial charge in [0.1, 0.15) is 13.2 Å². The number of hydrogen-bond donors (Lipinski definition) is 1. The van der Waals surface area contributed by atoms with E-state index in [9.17, 15) is 4.79 Å². The van der Waals surface area contributed by atoms with Crippen LogP contribution in [0.5, 0.6) is 11.5 Å². The fraction of sp³-hybridized carbons (Fsp3) is 0.316. The van der Waals surface area contributed by atoms with E-state index in [1.807, 2.05) is 56.3 Å². The molecule has 1 amide bonds. The van der Waals surface area contributed by atoms with Crippen molar-refractivity contribution >= 4 is 29.3 Å². The molecule has 2 aromatic carbocycles. The minimum atomic E-state index is -0.208. The first kappa shape index (κ1) is 18.0. The summed E-state index contributed by atoms with van der Waals surface area (Å²) in [6.45, 7) is 4.97. The summed E-state index contributed by atoms with van der Waals surface area (Å²) in [5.74, 6) is 1.47. The Labute approximate surface area is 156 Å². The molecule has 1 N–H and O–H groups in total. The smallest absolute Gasteiger partial charge is 0.233 e. The number of ether oxygens (including phenoxy) is 2. The van der Waals surface area contributed by atoms with Crippen LogP contribution < -0.4 is 14.8 Å². The zero-order valence-corrected chi connectivity index (χ0v) is 15.7. The molecule has 1 heterocycles. The van der Waals surface area contributed by atoms with Gasteiger partial charge in [-0.05, 0) is 55.8 Å². The SMILES string of the molecule is C[C@@H](Sc1ccc(Cl)cc1)C(=O)N[C@H](C)c1ccc2c(c1)OCCO2. The zero-order chi connectivity index (χ0) is 17.8. The van der Waals surface area contributed by atoms with Crippen LogP contribution in [-0.2, 0) is 4.79 Å². The van der Waals surface area contributed by atoms with E-state index in [-0.39, 0.29) is 17.2 Å². The molecule has 0 radical (unpaired) electrons. The summed E-state index contributed by atoms with van der Waals surface area (Å²) < 4.78 is 11.1. The third kappa shape index (κ3) is 4.61. The van der Waals surface area contributed by atoms with Crippen molar-refractivity contribution in [3.05, 3.63) is 53.1 Å². The van der Waals surface area contributed by atoms with Crippen LogP contribution in [0.15, 0.2) is 47.4 Å². The van der Waals surface area contributed by atoms with Crippen LogP contribution in [0.3, 0.4) is 0 Å². The van der Waals surface area contributed by atoms with Crippen LogP contribution in [0.4, 0.5) is 0 Å². The van der Waals surface area contributed by atoms with Crippen LogP contribution in [0.25, 0.3) is 0 Å². The monoisotopic (exact) mass is 377 g/mol. The number of benzene rings is 2. The van der Waals surface area contributed by atoms with Gasteiger partial charge in [0.2, 0.25) is 5.91 Å². The van der Waals surface area contributed by atoms with Gasteiger partial charge >= 0.3 is 0 Å². The van der Waals surface area contributed by atoms with E-state index in [0.29, 0.717) is 18.2 Å². The Kier molecular flexibility index (Phi) is 5.76. The van der Waals surface area contributed by atoms with Gasteiger partial charge in [0.25, 0.3) is 0 Å². The molecule has 0 aromatic heterocycles. The number of carbonyl (C=O) groups excluding carboxylic acids is 1. The maximum Gasteiger partial charge on any atom is 0.233 e. The Morgan fingerprint density at radius 3 is 2.48 bits per heavy atom. The maximum atomic E-state index is 12.5. The number of fused-ring (bicyclic) bond motifs is 1. The summed E-state index contributed by atoms with van der Waals surface area (Å²) in [6, 6.07) is 13.1. The Bertz CT molecular complexity index is 751. The normalized spacial score (nSPS) is 15.3. The number of hydrogen-bond acceptors (Lipinski definition) is 4. The minimum absolute atomic E-state index is 0.0117. The van der Waals surface area contributed by atoms with Crippen molar-refractivity contribution < 1.29 is 14.3 Å². The number of amides is 1. The fourth-order valence-corrected chi connectivity index (χ4v) is 3.52. The Balaban J connectivity index is 1.60. The molecule has 4 nitrogen and oxygen atoms in total. The first-order valence-electron chi connectivity index (χ1n) is 8.15. The van der Waals surface area contributed by atoms with Gasteiger partial charge in [-0.2, -0.15) is 0 Å². The quantitative estimate of drug-likeness (QED) is 0.781. The summed E-state index contributed by atoms with van der Waals surface area (Å²) in [4.78, 5) is 13.5. The average molecular weight is 378 g/mol. The molecule has 1 aliphatic heterocycles. The second-order valence-corrected chi connectivity index (χ2v) is 7.70. The molecule has 0 aliphatic carbocycles. The molecule has 132 valence electrons. The number of rotatable bonds is 5. The van der Waals surface area contributed by atoms with E-state index in [1.54, 1.807) is 0 Å². The standard InChI is InChI=1S/C19H20ClNO3S/c1-12(14-3-8-17-18(11-14)24-10-9-23-17)21-19(22)13(2)25-16-6-4-15(20)5-7-16/h3-8,11-13H,9-10H2,1-2H3,(H,21,22)/t12-,13-/m1/s1. The van der Waals surface area contributed by atoms with Crippen molar-refractivity contribution in [2.45, 2.75) is 30.0 Å². The lowest BCUT2D eigenvalue weighted by Gasteiger charge is -2.22. The highest BCUT2D eigenvalue weighted by Crippen LogP contribution is 2.33. The number of halogens is 1. The second-order valence-electron chi connectivity index (χ2n) is 5.85. The van der Waals surface area contributed by atoms with Gasteiger partial charge in [0.05, 0.1) is 11.3 Å². The first-order chi connectivity index (χ1) is 12.0. The van der Waals surface area contributed by atoms with Gasteiger partial charge in [-0.3, -0.25) is 4.79 Å². The lowest BCUT2D eigenvalue weighted by atomic mass is 10.1. The average Bonchev–Trinajstić information content (AvgIpc) is 2.63. The molecule has 6 heteroatoms. The van der Waals surface area contributed by atoms with Crippen molar-refractivity contribution in [2.24, 2.45) is 0 Å². The first-order valence-corrected chi connectivity index (χ1v) is 9.41. The topological polar surface area (TPSA) is 47.6 Å². The Morgan fingerprint density at radius 2 is 1.76 bits per heavy atom. The van der Waals surface area contributed by atoms with Gasteiger partial charge in [-0.15, -0.1) is 11.8 Å². The van der Waals surface area contributed by atoms with Gasteiger partial charge in [-0.25, -0.2) is 0 Å². The van der Waals surface area contributed by atoms with Crippen molar-refractivity contribution in [3.8, 4) is 11.5 Å². The molecule has 0 saturated heterocycles. The van der Waals surface area contributed by atoms with Crippen molar-refractivity contribution in [3.63, 3.8) is 0 Å². The zero-order valence-electron chi connectivity index (χ0n) is 14.1. The van der Waals surface area contributed by atoms with E-state index in [1.165, 1.54) is 11.8 Å². The fourth-order valence-electron chi connectivity index (χ4n) is 2.51. The summed E-state index contributed by atoms with van der Waals surface area (Å²) in [5.41, 5.74) is 0.987. The third-order valence-electron chi connectivity index (χ3n) is 3.92. The van der Waals surface area contributed by atoms with Crippen molar-refractivity contribution in [1.29, 1.82) is 0 Å². The van der Waals surface area contributed by atoms with Gasteiger partial charge < -0.3 is 14.8 Å². The number of thioether (sulfide) groups is 1. The van der Waals surface area contributed by atoms with E-state index < -0.39 is 0 Å². The molecule has 2 aromatic rings. The molecule has 0 saturated carbocycles. The van der Waals surface area contributed by atoms with E-state index >= 15 is 0 Å². The maximum absolute atomic E-state index is 12.5. The predicted octanol–water partition coefficient (Wildman–Crippen LogP) is 4.47. The van der Waals surface area contributed by atoms with Crippen LogP contribution in [0.1, 0.15) is 25.5 Å². The molecule has 2 atom stereocenters. The van der Waals surface area contributed by atoms with Gasteiger partial charge in [-0.1, -0.05) is 17.7 Å². The number of carbonyl (C=O) groups is 1. The van der Waals surface area contributed by atoms with Crippen molar-refractivity contribution in [1.82, 2.24) is 5.32 Å². The van der Waals surface area contributed by atoms with E-state index in [0.717, 1.165) is 22.0 Å². The molecular formula is C19H20ClNO3S. The lowest BCUT2D eigenvalue weighted by molar-refractivity contribution is -0.120. The highest BCUT2D eigenvalue weighted by atomic mass is 35.5. The van der Waals surface area contributed by atoms with E-state index in [2.05, 4.69) is 5.32 Å². The van der Waals surface area contributed by atoms with Crippen LogP contribution >= 0.6 is 23.4 Å². The lowest BCUT2D eigenvalue weighted by Crippen LogP contribution is -2.33. The van der Waals surface area contributed by atoms with Gasteiger partial charge in [0, 0.05) is 9.92 Å². The minimum Gasteiger partial charge on any atom is -0.486 e. The molecular weight excluding hydrogens is 358 g/mol. The second kappa shape index (κ2) is 8.02. The molecule has 1 aliphatic rings. The van der Waals surface area contributed by atoms with Gasteiger partial charge in [0.15, 0.2) is 11.5 Å².